The molecule has 0 fully saturated rings. The number of aliphatic hydroxyl groups excluding tert-OH is 1. The van der Waals surface area contributed by atoms with Gasteiger partial charge in [-0.15, -0.1) is 0 Å². The van der Waals surface area contributed by atoms with Gasteiger partial charge in [-0.05, 0) is 0 Å². The first-order chi connectivity index (χ1) is 3.13. The summed E-state index contributed by atoms with van der Waals surface area (Å²) in [6.45, 7) is 0. The summed E-state index contributed by atoms with van der Waals surface area (Å²) in [5.41, 5.74) is 9.36. The molecule has 0 radical (unpaired) electrons. The average Bonchev–Trinajstić information content (AvgIpc) is 1.27. The highest BCUT2D eigenvalue weighted by Crippen LogP contribution is 1.76. The van der Waals surface area contributed by atoms with E-state index in [1.807, 2.05) is 0 Å². The van der Waals surface area contributed by atoms with Crippen molar-refractivity contribution >= 4 is 5.91 Å². The maximum absolute atomic E-state index is 9.79. The first-order valence-electron chi connectivity index (χ1n) is 1.85. The number of aliphatic hydroxyl groups is 1. The lowest BCUT2D eigenvalue weighted by atomic mass is 10.4. The van der Waals surface area contributed by atoms with Crippen molar-refractivity contribution in [2.75, 3.05) is 0 Å². The second kappa shape index (κ2) is 2.54. The Morgan fingerprint density at radius 3 is 2.29 bits per heavy atom. The number of carbonyl (C=O) groups excluding carboxylic acids is 1. The fourth-order valence-corrected chi connectivity index (χ4v) is 0.206. The SMILES string of the molecule is NC(=O)C[C@H](N)O. The minimum atomic E-state index is -1.10. The minimum Gasteiger partial charge on any atom is -0.378 e. The number of amides is 1. The van der Waals surface area contributed by atoms with Crippen molar-refractivity contribution in [3.05, 3.63) is 0 Å². The molecule has 0 aliphatic rings. The van der Waals surface area contributed by atoms with Crippen LogP contribution >= 0.6 is 0 Å². The Morgan fingerprint density at radius 2 is 2.29 bits per heavy atom. The fraction of sp³-hybridized carbons (Fsp3) is 0.667. The Labute approximate surface area is 41.1 Å². The van der Waals surface area contributed by atoms with Gasteiger partial charge in [-0.3, -0.25) is 4.79 Å². The van der Waals surface area contributed by atoms with Gasteiger partial charge in [0.15, 0.2) is 0 Å². The number of nitrogens with two attached hydrogens (primary N) is 2. The molecule has 0 spiro atoms. The van der Waals surface area contributed by atoms with Crippen molar-refractivity contribution in [3.8, 4) is 0 Å². The number of hydrogen-bond acceptors (Lipinski definition) is 3. The molecule has 5 N–H and O–H groups in total. The smallest absolute Gasteiger partial charge is 0.221 e. The van der Waals surface area contributed by atoms with Crippen LogP contribution in [0.3, 0.4) is 0 Å². The van der Waals surface area contributed by atoms with Crippen molar-refractivity contribution in [1.29, 1.82) is 0 Å². The molecule has 0 unspecified atom stereocenters. The molecule has 4 heteroatoms. The van der Waals surface area contributed by atoms with Crippen molar-refractivity contribution in [1.82, 2.24) is 0 Å². The van der Waals surface area contributed by atoms with E-state index in [0.717, 1.165) is 0 Å². The molecule has 42 valence electrons. The highest BCUT2D eigenvalue weighted by Gasteiger charge is 1.98. The molecule has 7 heavy (non-hydrogen) atoms. The molecule has 4 nitrogen and oxygen atoms in total. The minimum absolute atomic E-state index is 0.167. The van der Waals surface area contributed by atoms with Crippen LogP contribution in [0.1, 0.15) is 6.42 Å². The van der Waals surface area contributed by atoms with Gasteiger partial charge < -0.3 is 16.6 Å². The summed E-state index contributed by atoms with van der Waals surface area (Å²) in [6, 6.07) is 0. The molecule has 0 aromatic heterocycles. The quantitative estimate of drug-likeness (QED) is 0.359. The molecule has 0 heterocycles. The summed E-state index contributed by atoms with van der Waals surface area (Å²) >= 11 is 0. The molecular weight excluding hydrogens is 96.0 g/mol. The molecule has 1 atom stereocenters. The topological polar surface area (TPSA) is 89.3 Å². The average molecular weight is 104 g/mol. The van der Waals surface area contributed by atoms with Crippen molar-refractivity contribution in [2.24, 2.45) is 11.5 Å². The Hall–Kier alpha value is -0.610. The van der Waals surface area contributed by atoms with Gasteiger partial charge in [0.25, 0.3) is 0 Å². The van der Waals surface area contributed by atoms with Gasteiger partial charge in [-0.25, -0.2) is 0 Å². The van der Waals surface area contributed by atoms with Crippen LogP contribution in [-0.2, 0) is 4.79 Å². The van der Waals surface area contributed by atoms with E-state index in [1.165, 1.54) is 0 Å². The van der Waals surface area contributed by atoms with Gasteiger partial charge in [0, 0.05) is 0 Å². The molecule has 0 bridgehead atoms. The van der Waals surface area contributed by atoms with Gasteiger partial charge in [0.2, 0.25) is 5.91 Å². The second-order valence-electron chi connectivity index (χ2n) is 1.24. The Morgan fingerprint density at radius 1 is 1.86 bits per heavy atom. The zero-order chi connectivity index (χ0) is 5.86. The Bertz CT molecular complexity index is 71.3. The summed E-state index contributed by atoms with van der Waals surface area (Å²) in [5, 5.41) is 8.20. The molecule has 0 aliphatic carbocycles. The van der Waals surface area contributed by atoms with Crippen LogP contribution in [0.15, 0.2) is 0 Å². The summed E-state index contributed by atoms with van der Waals surface area (Å²) in [7, 11) is 0. The van der Waals surface area contributed by atoms with Crippen LogP contribution in [0.4, 0.5) is 0 Å². The molecule has 0 aromatic rings. The first-order valence-corrected chi connectivity index (χ1v) is 1.85. The number of rotatable bonds is 2. The van der Waals surface area contributed by atoms with Crippen molar-refractivity contribution < 1.29 is 9.90 Å². The van der Waals surface area contributed by atoms with E-state index in [1.54, 1.807) is 0 Å². The first kappa shape index (κ1) is 6.39. The fourth-order valence-electron chi connectivity index (χ4n) is 0.206. The van der Waals surface area contributed by atoms with Gasteiger partial charge >= 0.3 is 0 Å². The van der Waals surface area contributed by atoms with E-state index in [4.69, 9.17) is 10.8 Å². The third-order valence-corrected chi connectivity index (χ3v) is 0.410. The Balaban J connectivity index is 3.13. The second-order valence-corrected chi connectivity index (χ2v) is 1.24. The maximum atomic E-state index is 9.79. The van der Waals surface area contributed by atoms with E-state index in [9.17, 15) is 4.79 Å². The summed E-state index contributed by atoms with van der Waals surface area (Å²) in [4.78, 5) is 9.79. The van der Waals surface area contributed by atoms with Crippen LogP contribution in [0.5, 0.6) is 0 Å². The third kappa shape index (κ3) is 5.39. The van der Waals surface area contributed by atoms with E-state index in [2.05, 4.69) is 5.73 Å². The van der Waals surface area contributed by atoms with E-state index in [0.29, 0.717) is 0 Å². The largest absolute Gasteiger partial charge is 0.378 e. The van der Waals surface area contributed by atoms with Crippen LogP contribution < -0.4 is 11.5 Å². The molecule has 0 saturated heterocycles. The predicted molar refractivity (Wildman–Crippen MR) is 24.0 cm³/mol. The van der Waals surface area contributed by atoms with E-state index < -0.39 is 12.1 Å². The highest BCUT2D eigenvalue weighted by atomic mass is 16.3. The summed E-state index contributed by atoms with van der Waals surface area (Å²) in [5.74, 6) is -0.588. The lowest BCUT2D eigenvalue weighted by Gasteiger charge is -1.95. The summed E-state index contributed by atoms with van der Waals surface area (Å²) in [6.07, 6.45) is -1.27. The van der Waals surface area contributed by atoms with E-state index in [-0.39, 0.29) is 6.42 Å². The monoisotopic (exact) mass is 104 g/mol. The van der Waals surface area contributed by atoms with Gasteiger partial charge in [0.1, 0.15) is 6.23 Å². The Kier molecular flexibility index (Phi) is 2.32. The third-order valence-electron chi connectivity index (χ3n) is 0.410. The predicted octanol–water partition coefficient (Wildman–Crippen LogP) is -1.86. The van der Waals surface area contributed by atoms with Crippen LogP contribution in [0.25, 0.3) is 0 Å². The maximum Gasteiger partial charge on any atom is 0.221 e. The van der Waals surface area contributed by atoms with Gasteiger partial charge in [-0.2, -0.15) is 0 Å². The van der Waals surface area contributed by atoms with Gasteiger partial charge in [-0.1, -0.05) is 0 Å². The molecule has 0 saturated carbocycles. The number of hydrogen-bond donors (Lipinski definition) is 3. The zero-order valence-electron chi connectivity index (χ0n) is 3.79. The zero-order valence-corrected chi connectivity index (χ0v) is 3.79. The molecule has 0 aromatic carbocycles. The lowest BCUT2D eigenvalue weighted by Crippen LogP contribution is -2.26. The van der Waals surface area contributed by atoms with Gasteiger partial charge in [0.05, 0.1) is 6.42 Å². The van der Waals surface area contributed by atoms with Crippen LogP contribution in [-0.4, -0.2) is 17.2 Å². The van der Waals surface area contributed by atoms with Crippen molar-refractivity contribution in [2.45, 2.75) is 12.6 Å². The lowest BCUT2D eigenvalue weighted by molar-refractivity contribution is -0.119. The molecule has 0 aliphatic heterocycles. The van der Waals surface area contributed by atoms with Crippen molar-refractivity contribution in [3.63, 3.8) is 0 Å². The molecular formula is C3H8N2O2. The van der Waals surface area contributed by atoms with E-state index >= 15 is 0 Å². The number of primary amides is 1. The standard InChI is InChI=1S/C3H8N2O2/c4-2(6)1-3(5)7/h2,6H,1,4H2,(H2,5,7)/t2-/m1/s1. The molecule has 0 rings (SSSR count). The van der Waals surface area contributed by atoms with Crippen LogP contribution in [0, 0.1) is 0 Å². The summed E-state index contributed by atoms with van der Waals surface area (Å²) < 4.78 is 0. The number of carbonyl (C=O) groups is 1. The normalized spacial score (nSPS) is 13.4. The highest BCUT2D eigenvalue weighted by molar-refractivity contribution is 5.74. The van der Waals surface area contributed by atoms with Crippen LogP contribution in [0.2, 0.25) is 0 Å². The molecule has 1 amide bonds.